The predicted molar refractivity (Wildman–Crippen MR) is 125 cm³/mol. The van der Waals surface area contributed by atoms with Crippen LogP contribution < -0.4 is 15.0 Å². The molecule has 4 aliphatic heterocycles. The van der Waals surface area contributed by atoms with E-state index in [-0.39, 0.29) is 29.1 Å². The van der Waals surface area contributed by atoms with Crippen LogP contribution >= 0.6 is 0 Å². The number of carbonyl (C=O) groups is 3. The van der Waals surface area contributed by atoms with Crippen molar-refractivity contribution in [2.75, 3.05) is 23.9 Å². The highest BCUT2D eigenvalue weighted by Crippen LogP contribution is 2.61. The summed E-state index contributed by atoms with van der Waals surface area (Å²) >= 11 is 0. The van der Waals surface area contributed by atoms with Crippen molar-refractivity contribution >= 4 is 34.8 Å². The van der Waals surface area contributed by atoms with Crippen molar-refractivity contribution in [2.45, 2.75) is 37.8 Å². The SMILES string of the molecule is CCc1cccc2c1NC(=O)[C@]21[C@@H]2C(=O)N(c3cc([N+](=O)[O-])ccc3OC)C(=O)[C@@H]2[C@H]2CCCN21. The van der Waals surface area contributed by atoms with Gasteiger partial charge in [-0.25, -0.2) is 4.90 Å². The molecule has 0 aromatic heterocycles. The van der Waals surface area contributed by atoms with Crippen LogP contribution in [0, 0.1) is 22.0 Å². The molecule has 3 fully saturated rings. The van der Waals surface area contributed by atoms with Crippen LogP contribution in [-0.2, 0) is 26.3 Å². The third-order valence-electron chi connectivity index (χ3n) is 8.11. The van der Waals surface area contributed by atoms with E-state index in [1.165, 1.54) is 25.3 Å². The molecule has 4 atom stereocenters. The number of carbonyl (C=O) groups excluding carboxylic acids is 3. The maximum absolute atomic E-state index is 14.1. The van der Waals surface area contributed by atoms with Crippen LogP contribution in [-0.4, -0.2) is 47.2 Å². The molecular weight excluding hydrogens is 452 g/mol. The second-order valence-corrected chi connectivity index (χ2v) is 9.45. The highest BCUT2D eigenvalue weighted by atomic mass is 16.6. The molecule has 3 saturated heterocycles. The summed E-state index contributed by atoms with van der Waals surface area (Å²) < 4.78 is 5.36. The molecule has 2 aromatic carbocycles. The molecule has 1 spiro atoms. The Labute approximate surface area is 201 Å². The summed E-state index contributed by atoms with van der Waals surface area (Å²) in [6.07, 6.45) is 2.21. The fourth-order valence-electron chi connectivity index (χ4n) is 6.79. The number of non-ortho nitro benzene ring substituents is 1. The van der Waals surface area contributed by atoms with E-state index in [1.807, 2.05) is 25.1 Å². The minimum absolute atomic E-state index is 0.0340. The largest absolute Gasteiger partial charge is 0.495 e. The van der Waals surface area contributed by atoms with Gasteiger partial charge in [-0.15, -0.1) is 0 Å². The second-order valence-electron chi connectivity index (χ2n) is 9.45. The number of nitrogens with one attached hydrogen (secondary N) is 1. The topological polar surface area (TPSA) is 122 Å². The van der Waals surface area contributed by atoms with Crippen LogP contribution in [0.2, 0.25) is 0 Å². The highest BCUT2D eigenvalue weighted by molar-refractivity contribution is 6.26. The van der Waals surface area contributed by atoms with Gasteiger partial charge in [0, 0.05) is 29.4 Å². The Balaban J connectivity index is 1.55. The zero-order valence-electron chi connectivity index (χ0n) is 19.3. The van der Waals surface area contributed by atoms with E-state index in [1.54, 1.807) is 0 Å². The molecule has 180 valence electrons. The van der Waals surface area contributed by atoms with Crippen LogP contribution in [0.4, 0.5) is 17.1 Å². The van der Waals surface area contributed by atoms with Crippen molar-refractivity contribution in [3.05, 3.63) is 57.6 Å². The van der Waals surface area contributed by atoms with Crippen LogP contribution in [0.1, 0.15) is 30.9 Å². The third-order valence-corrected chi connectivity index (χ3v) is 8.11. The Hall–Kier alpha value is -3.79. The number of hydrogen-bond donors (Lipinski definition) is 1. The van der Waals surface area contributed by atoms with Gasteiger partial charge in [-0.2, -0.15) is 0 Å². The van der Waals surface area contributed by atoms with E-state index in [0.29, 0.717) is 19.4 Å². The quantitative estimate of drug-likeness (QED) is 0.409. The molecule has 0 bridgehead atoms. The summed E-state index contributed by atoms with van der Waals surface area (Å²) in [6, 6.07) is 9.28. The van der Waals surface area contributed by atoms with Crippen molar-refractivity contribution in [2.24, 2.45) is 11.8 Å². The zero-order chi connectivity index (χ0) is 24.6. The summed E-state index contributed by atoms with van der Waals surface area (Å²) in [7, 11) is 1.38. The van der Waals surface area contributed by atoms with Gasteiger partial charge in [0.2, 0.25) is 17.7 Å². The number of amides is 3. The van der Waals surface area contributed by atoms with Crippen molar-refractivity contribution in [1.82, 2.24) is 4.90 Å². The number of nitro benzene ring substituents is 1. The lowest BCUT2D eigenvalue weighted by molar-refractivity contribution is -0.384. The van der Waals surface area contributed by atoms with Gasteiger partial charge in [-0.1, -0.05) is 25.1 Å². The summed E-state index contributed by atoms with van der Waals surface area (Å²) in [5, 5.41) is 14.5. The van der Waals surface area contributed by atoms with E-state index < -0.39 is 34.1 Å². The Kier molecular flexibility index (Phi) is 4.56. The highest BCUT2D eigenvalue weighted by Gasteiger charge is 2.74. The van der Waals surface area contributed by atoms with Crippen LogP contribution in [0.3, 0.4) is 0 Å². The molecule has 6 rings (SSSR count). The monoisotopic (exact) mass is 476 g/mol. The molecule has 0 unspecified atom stereocenters. The zero-order valence-corrected chi connectivity index (χ0v) is 19.3. The molecule has 10 nitrogen and oxygen atoms in total. The lowest BCUT2D eigenvalue weighted by Gasteiger charge is -2.36. The van der Waals surface area contributed by atoms with E-state index in [2.05, 4.69) is 10.2 Å². The minimum atomic E-state index is -1.29. The molecule has 35 heavy (non-hydrogen) atoms. The molecule has 4 heterocycles. The van der Waals surface area contributed by atoms with Gasteiger partial charge in [0.15, 0.2) is 0 Å². The van der Waals surface area contributed by atoms with E-state index in [9.17, 15) is 24.5 Å². The first kappa shape index (κ1) is 21.7. The van der Waals surface area contributed by atoms with E-state index in [4.69, 9.17) is 4.74 Å². The molecule has 2 aromatic rings. The molecule has 0 aliphatic carbocycles. The molecule has 3 amide bonds. The first-order valence-electron chi connectivity index (χ1n) is 11.8. The predicted octanol–water partition coefficient (Wildman–Crippen LogP) is 2.60. The number of nitro groups is 1. The van der Waals surface area contributed by atoms with Gasteiger partial charge < -0.3 is 10.1 Å². The average Bonchev–Trinajstić information content (AvgIpc) is 3.56. The van der Waals surface area contributed by atoms with Crippen molar-refractivity contribution in [1.29, 1.82) is 0 Å². The van der Waals surface area contributed by atoms with Crippen molar-refractivity contribution in [3.63, 3.8) is 0 Å². The van der Waals surface area contributed by atoms with Crippen LogP contribution in [0.15, 0.2) is 36.4 Å². The number of benzene rings is 2. The molecule has 0 radical (unpaired) electrons. The summed E-state index contributed by atoms with van der Waals surface area (Å²) in [4.78, 5) is 55.8. The molecule has 0 saturated carbocycles. The number of rotatable bonds is 4. The minimum Gasteiger partial charge on any atom is -0.495 e. The van der Waals surface area contributed by atoms with Crippen molar-refractivity contribution < 1.29 is 24.0 Å². The summed E-state index contributed by atoms with van der Waals surface area (Å²) in [6.45, 7) is 2.62. The fraction of sp³-hybridized carbons (Fsp3) is 0.400. The fourth-order valence-corrected chi connectivity index (χ4v) is 6.79. The number of imide groups is 1. The smallest absolute Gasteiger partial charge is 0.271 e. The number of ether oxygens (including phenoxy) is 1. The maximum atomic E-state index is 14.1. The van der Waals surface area contributed by atoms with Crippen LogP contribution in [0.5, 0.6) is 5.75 Å². The Bertz CT molecular complexity index is 1330. The van der Waals surface area contributed by atoms with Gasteiger partial charge in [0.1, 0.15) is 17.0 Å². The number of hydrogen-bond acceptors (Lipinski definition) is 7. The Morgan fingerprint density at radius 1 is 1.20 bits per heavy atom. The maximum Gasteiger partial charge on any atom is 0.271 e. The van der Waals surface area contributed by atoms with Gasteiger partial charge in [0.25, 0.3) is 5.69 Å². The number of para-hydroxylation sites is 1. The van der Waals surface area contributed by atoms with Crippen LogP contribution in [0.25, 0.3) is 0 Å². The third kappa shape index (κ3) is 2.54. The van der Waals surface area contributed by atoms with Gasteiger partial charge >= 0.3 is 0 Å². The number of anilines is 2. The standard InChI is InChI=1S/C25H24N4O6/c1-3-13-6-4-7-15-21(13)26-24(32)25(15)20-19(16-8-5-11-27(16)25)22(30)28(23(20)31)17-12-14(29(33)34)9-10-18(17)35-2/h4,6-7,9-10,12,16,19-20H,3,5,8,11H2,1-2H3,(H,26,32)/t16-,19-,20+,25-/m1/s1. The molecule has 4 aliphatic rings. The average molecular weight is 476 g/mol. The van der Waals surface area contributed by atoms with Gasteiger partial charge in [0.05, 0.1) is 23.9 Å². The first-order valence-corrected chi connectivity index (χ1v) is 11.8. The lowest BCUT2D eigenvalue weighted by Crippen LogP contribution is -2.54. The molecule has 10 heteroatoms. The van der Waals surface area contributed by atoms with E-state index >= 15 is 0 Å². The lowest BCUT2D eigenvalue weighted by atomic mass is 9.75. The number of methoxy groups -OCH3 is 1. The summed E-state index contributed by atoms with van der Waals surface area (Å²) in [5.74, 6) is -2.74. The first-order chi connectivity index (χ1) is 16.9. The van der Waals surface area contributed by atoms with Gasteiger partial charge in [-0.05, 0) is 37.4 Å². The second kappa shape index (κ2) is 7.35. The number of nitrogens with zero attached hydrogens (tertiary/aromatic N) is 3. The molecule has 1 N–H and O–H groups in total. The Morgan fingerprint density at radius 3 is 2.71 bits per heavy atom. The molecular formula is C25H24N4O6. The normalized spacial score (nSPS) is 28.9. The van der Waals surface area contributed by atoms with Gasteiger partial charge in [-0.3, -0.25) is 29.4 Å². The van der Waals surface area contributed by atoms with E-state index in [0.717, 1.165) is 28.1 Å². The summed E-state index contributed by atoms with van der Waals surface area (Å²) in [5.41, 5.74) is 0.912. The number of fused-ring (bicyclic) bond motifs is 7. The van der Waals surface area contributed by atoms with Crippen molar-refractivity contribution in [3.8, 4) is 5.75 Å². The number of aryl methyl sites for hydroxylation is 1. The Morgan fingerprint density at radius 2 is 2.00 bits per heavy atom.